The van der Waals surface area contributed by atoms with Crippen LogP contribution in [-0.4, -0.2) is 15.0 Å². The van der Waals surface area contributed by atoms with E-state index in [-0.39, 0.29) is 11.6 Å². The lowest BCUT2D eigenvalue weighted by molar-refractivity contribution is 0.0951. The van der Waals surface area contributed by atoms with Crippen LogP contribution in [0, 0.1) is 0 Å². The van der Waals surface area contributed by atoms with Gasteiger partial charge < -0.3 is 5.32 Å². The van der Waals surface area contributed by atoms with E-state index in [1.807, 2.05) is 30.3 Å². The number of amides is 1. The summed E-state index contributed by atoms with van der Waals surface area (Å²) in [4.78, 5) is 24.2. The molecule has 1 amide bonds. The second kappa shape index (κ2) is 5.52. The van der Waals surface area contributed by atoms with Crippen LogP contribution < -0.4 is 11.0 Å². The Bertz CT molecular complexity index is 891. The lowest BCUT2D eigenvalue weighted by Gasteiger charge is -2.06. The third-order valence-corrected chi connectivity index (χ3v) is 3.83. The van der Waals surface area contributed by atoms with Gasteiger partial charge in [-0.2, -0.15) is 0 Å². The highest BCUT2D eigenvalue weighted by Crippen LogP contribution is 2.14. The summed E-state index contributed by atoms with van der Waals surface area (Å²) in [5, 5.41) is 2.89. The van der Waals surface area contributed by atoms with Crippen LogP contribution in [0.4, 0.5) is 0 Å². The Morgan fingerprint density at radius 1 is 1.00 bits per heavy atom. The Kier molecular flexibility index (Phi) is 3.55. The molecule has 0 fully saturated rings. The van der Waals surface area contributed by atoms with Gasteiger partial charge in [0.15, 0.2) is 0 Å². The molecule has 0 saturated carbocycles. The highest BCUT2D eigenvalue weighted by atomic mass is 16.2. The summed E-state index contributed by atoms with van der Waals surface area (Å²) in [5.41, 5.74) is 3.05. The fourth-order valence-electron chi connectivity index (χ4n) is 2.53. The summed E-state index contributed by atoms with van der Waals surface area (Å²) in [6.07, 6.45) is 0. The molecule has 1 aromatic heterocycles. The molecule has 0 atom stereocenters. The zero-order chi connectivity index (χ0) is 15.7. The molecule has 1 heterocycles. The number of carbonyl (C=O) groups is 1. The number of hydrogen-bond donors (Lipinski definition) is 1. The molecule has 0 unspecified atom stereocenters. The van der Waals surface area contributed by atoms with Crippen LogP contribution in [0.1, 0.15) is 15.9 Å². The van der Waals surface area contributed by atoms with E-state index in [2.05, 4.69) is 5.32 Å². The Labute approximate surface area is 127 Å². The van der Waals surface area contributed by atoms with Crippen LogP contribution in [0.5, 0.6) is 0 Å². The molecule has 5 nitrogen and oxygen atoms in total. The van der Waals surface area contributed by atoms with Crippen LogP contribution in [0.15, 0.2) is 53.3 Å². The van der Waals surface area contributed by atoms with Crippen LogP contribution in [0.2, 0.25) is 0 Å². The quantitative estimate of drug-likeness (QED) is 0.801. The first-order valence-electron chi connectivity index (χ1n) is 7.05. The molecule has 0 aliphatic rings. The molecule has 2 aromatic carbocycles. The smallest absolute Gasteiger partial charge is 0.328 e. The summed E-state index contributed by atoms with van der Waals surface area (Å²) in [5.74, 6) is -0.151. The predicted molar refractivity (Wildman–Crippen MR) is 85.8 cm³/mol. The van der Waals surface area contributed by atoms with Crippen molar-refractivity contribution in [3.63, 3.8) is 0 Å². The standard InChI is InChI=1S/C17H17N3O2/c1-19-14-9-8-13(10-15(14)20(2)17(19)22)16(21)18-11-12-6-4-3-5-7-12/h3-10H,11H2,1-2H3,(H,18,21). The van der Waals surface area contributed by atoms with E-state index in [1.54, 1.807) is 41.4 Å². The van der Waals surface area contributed by atoms with E-state index in [1.165, 1.54) is 0 Å². The highest BCUT2D eigenvalue weighted by molar-refractivity contribution is 5.97. The van der Waals surface area contributed by atoms with E-state index in [0.29, 0.717) is 12.1 Å². The predicted octanol–water partition coefficient (Wildman–Crippen LogP) is 1.81. The van der Waals surface area contributed by atoms with Gasteiger partial charge in [-0.25, -0.2) is 4.79 Å². The average molecular weight is 295 g/mol. The molecule has 22 heavy (non-hydrogen) atoms. The molecule has 5 heteroatoms. The number of benzene rings is 2. The highest BCUT2D eigenvalue weighted by Gasteiger charge is 2.11. The number of nitrogens with one attached hydrogen (secondary N) is 1. The summed E-state index contributed by atoms with van der Waals surface area (Å²) in [6, 6.07) is 15.0. The van der Waals surface area contributed by atoms with Gasteiger partial charge >= 0.3 is 5.69 Å². The molecule has 112 valence electrons. The van der Waals surface area contributed by atoms with Crippen molar-refractivity contribution in [3.05, 3.63) is 70.1 Å². The first-order valence-corrected chi connectivity index (χ1v) is 7.05. The largest absolute Gasteiger partial charge is 0.348 e. The van der Waals surface area contributed by atoms with Crippen molar-refractivity contribution in [1.29, 1.82) is 0 Å². The van der Waals surface area contributed by atoms with E-state index < -0.39 is 0 Å². The SMILES string of the molecule is Cn1c(=O)n(C)c2cc(C(=O)NCc3ccccc3)ccc21. The number of imidazole rings is 1. The Hall–Kier alpha value is -2.82. The minimum Gasteiger partial charge on any atom is -0.348 e. The second-order valence-corrected chi connectivity index (χ2v) is 5.27. The van der Waals surface area contributed by atoms with Crippen molar-refractivity contribution in [2.24, 2.45) is 14.1 Å². The van der Waals surface area contributed by atoms with Crippen molar-refractivity contribution in [2.45, 2.75) is 6.54 Å². The molecule has 0 spiro atoms. The van der Waals surface area contributed by atoms with E-state index in [0.717, 1.165) is 16.6 Å². The number of hydrogen-bond acceptors (Lipinski definition) is 2. The monoisotopic (exact) mass is 295 g/mol. The summed E-state index contributed by atoms with van der Waals surface area (Å²) in [7, 11) is 3.43. The number of aryl methyl sites for hydroxylation is 2. The molecule has 0 aliphatic carbocycles. The molecular weight excluding hydrogens is 278 g/mol. The van der Waals surface area contributed by atoms with Crippen molar-refractivity contribution in [2.75, 3.05) is 0 Å². The van der Waals surface area contributed by atoms with Crippen molar-refractivity contribution in [1.82, 2.24) is 14.5 Å². The van der Waals surface area contributed by atoms with Crippen LogP contribution >= 0.6 is 0 Å². The summed E-state index contributed by atoms with van der Waals surface area (Å²) < 4.78 is 3.12. The topological polar surface area (TPSA) is 56.0 Å². The van der Waals surface area contributed by atoms with Gasteiger partial charge in [0, 0.05) is 26.2 Å². The summed E-state index contributed by atoms with van der Waals surface area (Å²) >= 11 is 0. The minimum absolute atomic E-state index is 0.100. The molecule has 1 N–H and O–H groups in total. The number of nitrogens with zero attached hydrogens (tertiary/aromatic N) is 2. The van der Waals surface area contributed by atoms with Gasteiger partial charge in [0.05, 0.1) is 11.0 Å². The van der Waals surface area contributed by atoms with Gasteiger partial charge in [-0.3, -0.25) is 13.9 Å². The van der Waals surface area contributed by atoms with Crippen LogP contribution in [0.3, 0.4) is 0 Å². The van der Waals surface area contributed by atoms with Gasteiger partial charge in [0.25, 0.3) is 5.91 Å². The molecular formula is C17H17N3O2. The van der Waals surface area contributed by atoms with Gasteiger partial charge in [-0.05, 0) is 23.8 Å². The number of rotatable bonds is 3. The third-order valence-electron chi connectivity index (χ3n) is 3.83. The maximum Gasteiger partial charge on any atom is 0.328 e. The average Bonchev–Trinajstić information content (AvgIpc) is 2.78. The van der Waals surface area contributed by atoms with Gasteiger partial charge in [-0.15, -0.1) is 0 Å². The first kappa shape index (κ1) is 14.1. The molecule has 0 bridgehead atoms. The van der Waals surface area contributed by atoms with E-state index in [4.69, 9.17) is 0 Å². The molecule has 0 aliphatic heterocycles. The zero-order valence-corrected chi connectivity index (χ0v) is 12.5. The van der Waals surface area contributed by atoms with Crippen LogP contribution in [-0.2, 0) is 20.6 Å². The molecule has 0 radical (unpaired) electrons. The van der Waals surface area contributed by atoms with E-state index >= 15 is 0 Å². The Morgan fingerprint density at radius 2 is 1.68 bits per heavy atom. The first-order chi connectivity index (χ1) is 10.6. The second-order valence-electron chi connectivity index (χ2n) is 5.27. The van der Waals surface area contributed by atoms with Crippen molar-refractivity contribution in [3.8, 4) is 0 Å². The fourth-order valence-corrected chi connectivity index (χ4v) is 2.53. The lowest BCUT2D eigenvalue weighted by atomic mass is 10.1. The van der Waals surface area contributed by atoms with Crippen molar-refractivity contribution >= 4 is 16.9 Å². The number of fused-ring (bicyclic) bond motifs is 1. The molecule has 3 rings (SSSR count). The zero-order valence-electron chi connectivity index (χ0n) is 12.5. The lowest BCUT2D eigenvalue weighted by Crippen LogP contribution is -2.22. The third kappa shape index (κ3) is 2.41. The minimum atomic E-state index is -0.151. The van der Waals surface area contributed by atoms with Gasteiger partial charge in [0.2, 0.25) is 0 Å². The normalized spacial score (nSPS) is 10.8. The van der Waals surface area contributed by atoms with Gasteiger partial charge in [0.1, 0.15) is 0 Å². The molecule has 3 aromatic rings. The summed E-state index contributed by atoms with van der Waals surface area (Å²) in [6.45, 7) is 0.478. The Balaban J connectivity index is 1.85. The maximum atomic E-state index is 12.3. The van der Waals surface area contributed by atoms with Gasteiger partial charge in [-0.1, -0.05) is 30.3 Å². The maximum absolute atomic E-state index is 12.3. The molecule has 0 saturated heterocycles. The van der Waals surface area contributed by atoms with Crippen LogP contribution in [0.25, 0.3) is 11.0 Å². The number of carbonyl (C=O) groups excluding carboxylic acids is 1. The Morgan fingerprint density at radius 3 is 2.41 bits per heavy atom. The number of aromatic nitrogens is 2. The van der Waals surface area contributed by atoms with E-state index in [9.17, 15) is 9.59 Å². The fraction of sp³-hybridized carbons (Fsp3) is 0.176. The van der Waals surface area contributed by atoms with Crippen molar-refractivity contribution < 1.29 is 4.79 Å².